The maximum atomic E-state index is 3.49. The van der Waals surface area contributed by atoms with Crippen LogP contribution >= 0.6 is 0 Å². The predicted octanol–water partition coefficient (Wildman–Crippen LogP) is 2.21. The molecule has 0 amide bonds. The van der Waals surface area contributed by atoms with Gasteiger partial charge in [0, 0.05) is 0 Å². The van der Waals surface area contributed by atoms with Crippen molar-refractivity contribution in [2.45, 2.75) is 43.8 Å². The van der Waals surface area contributed by atoms with Crippen molar-refractivity contribution in [1.82, 2.24) is 0 Å². The molecule has 0 radical (unpaired) electrons. The van der Waals surface area contributed by atoms with E-state index in [9.17, 15) is 0 Å². The summed E-state index contributed by atoms with van der Waals surface area (Å²) in [5.41, 5.74) is 3.46. The Morgan fingerprint density at radius 1 is 1.09 bits per heavy atom. The molecule has 0 atom stereocenters. The Labute approximate surface area is 82.4 Å². The molecule has 0 aromatic carbocycles. The summed E-state index contributed by atoms with van der Waals surface area (Å²) < 4.78 is 4.06. The SMILES string of the molecule is C[C](C)(C)[SnH2][C]#C[Si](C)(C)C. The molecule has 64 valence electrons. The molecule has 0 aliphatic rings. The summed E-state index contributed by atoms with van der Waals surface area (Å²) in [6.07, 6.45) is 0. The molecule has 0 N–H and O–H groups in total. The van der Waals surface area contributed by atoms with Crippen molar-refractivity contribution in [2.75, 3.05) is 0 Å². The molecule has 0 saturated carbocycles. The van der Waals surface area contributed by atoms with Gasteiger partial charge in [-0.25, -0.2) is 0 Å². The van der Waals surface area contributed by atoms with Gasteiger partial charge < -0.3 is 0 Å². The number of hydrogen-bond donors (Lipinski definition) is 0. The second-order valence-corrected chi connectivity index (χ2v) is 18.1. The molecule has 0 bridgehead atoms. The van der Waals surface area contributed by atoms with E-state index in [1.165, 1.54) is 0 Å². The third-order valence-corrected chi connectivity index (χ3v) is 7.05. The Balaban J connectivity index is 3.94. The molecule has 0 unspecified atom stereocenters. The summed E-state index contributed by atoms with van der Waals surface area (Å²) in [5, 5.41) is 0. The first kappa shape index (κ1) is 11.6. The van der Waals surface area contributed by atoms with Crippen molar-refractivity contribution in [2.24, 2.45) is 0 Å². The molecule has 0 aromatic rings. The van der Waals surface area contributed by atoms with Crippen molar-refractivity contribution >= 4 is 29.2 Å². The minimum atomic E-state index is -1.07. The molecule has 0 rings (SSSR count). The van der Waals surface area contributed by atoms with Crippen LogP contribution in [-0.2, 0) is 0 Å². The van der Waals surface area contributed by atoms with Crippen LogP contribution in [0.15, 0.2) is 0 Å². The van der Waals surface area contributed by atoms with E-state index in [4.69, 9.17) is 0 Å². The molecule has 0 heterocycles. The summed E-state index contributed by atoms with van der Waals surface area (Å²) in [5.74, 6) is 0. The summed E-state index contributed by atoms with van der Waals surface area (Å²) in [6, 6.07) is 0. The third kappa shape index (κ3) is 10.6. The van der Waals surface area contributed by atoms with E-state index in [-0.39, 0.29) is 0 Å². The van der Waals surface area contributed by atoms with Gasteiger partial charge in [-0.2, -0.15) is 0 Å². The summed E-state index contributed by atoms with van der Waals surface area (Å²) in [4.78, 5) is 0. The van der Waals surface area contributed by atoms with Crippen LogP contribution in [0.5, 0.6) is 0 Å². The second kappa shape index (κ2) is 4.00. The molecule has 0 saturated heterocycles. The van der Waals surface area contributed by atoms with Gasteiger partial charge in [0.15, 0.2) is 0 Å². The number of rotatable bonds is 0. The topological polar surface area (TPSA) is 0 Å². The van der Waals surface area contributed by atoms with Crippen LogP contribution < -0.4 is 0 Å². The van der Waals surface area contributed by atoms with Crippen LogP contribution in [0, 0.1) is 9.48 Å². The monoisotopic (exact) mass is 276 g/mol. The predicted molar refractivity (Wildman–Crippen MR) is 59.4 cm³/mol. The first-order valence-electron chi connectivity index (χ1n) is 4.21. The standard InChI is InChI=1S/C5H9Si.C4H9.Sn.2H/c1-5-6(2,3)4;1-4(2)3;;;/h2-4H3;1-3H3;;;. The molecule has 0 nitrogen and oxygen atoms in total. The van der Waals surface area contributed by atoms with Crippen LogP contribution in [0.25, 0.3) is 0 Å². The first-order chi connectivity index (χ1) is 4.71. The van der Waals surface area contributed by atoms with Gasteiger partial charge in [0.25, 0.3) is 0 Å². The Hall–Kier alpha value is 0.576. The molecular formula is C9H20SiSn. The van der Waals surface area contributed by atoms with Crippen molar-refractivity contribution in [3.05, 3.63) is 0 Å². The van der Waals surface area contributed by atoms with Gasteiger partial charge in [-0.15, -0.1) is 0 Å². The quantitative estimate of drug-likeness (QED) is 0.469. The van der Waals surface area contributed by atoms with Gasteiger partial charge in [0.1, 0.15) is 0 Å². The Bertz CT molecular complexity index is 172. The number of hydrogen-bond acceptors (Lipinski definition) is 0. The van der Waals surface area contributed by atoms with E-state index in [2.05, 4.69) is 49.9 Å². The molecule has 2 heteroatoms. The van der Waals surface area contributed by atoms with E-state index >= 15 is 0 Å². The fourth-order valence-electron chi connectivity index (χ4n) is 0.575. The summed E-state index contributed by atoms with van der Waals surface area (Å²) >= 11 is -0.762. The van der Waals surface area contributed by atoms with Crippen LogP contribution in [-0.4, -0.2) is 29.2 Å². The fourth-order valence-corrected chi connectivity index (χ4v) is 8.00. The first-order valence-corrected chi connectivity index (χ1v) is 11.7. The average molecular weight is 275 g/mol. The second-order valence-electron chi connectivity index (χ2n) is 5.29. The van der Waals surface area contributed by atoms with Gasteiger partial charge in [-0.3, -0.25) is 0 Å². The van der Waals surface area contributed by atoms with Gasteiger partial charge in [-0.1, -0.05) is 0 Å². The van der Waals surface area contributed by atoms with Gasteiger partial charge in [0.05, 0.1) is 0 Å². The van der Waals surface area contributed by atoms with E-state index in [0.29, 0.717) is 3.43 Å². The zero-order valence-corrected chi connectivity index (χ0v) is 13.7. The van der Waals surface area contributed by atoms with Crippen molar-refractivity contribution in [3.8, 4) is 9.48 Å². The molecule has 0 fully saturated rings. The van der Waals surface area contributed by atoms with Crippen LogP contribution in [0.2, 0.25) is 23.1 Å². The van der Waals surface area contributed by atoms with E-state index in [0.717, 1.165) is 0 Å². The summed E-state index contributed by atoms with van der Waals surface area (Å²) in [7, 11) is -1.07. The fraction of sp³-hybridized carbons (Fsp3) is 0.778. The van der Waals surface area contributed by atoms with Gasteiger partial charge in [0.2, 0.25) is 0 Å². The molecular weight excluding hydrogens is 255 g/mol. The Kier molecular flexibility index (Phi) is 4.21. The van der Waals surface area contributed by atoms with Crippen molar-refractivity contribution < 1.29 is 0 Å². The zero-order chi connectivity index (χ0) is 9.12. The van der Waals surface area contributed by atoms with Crippen LogP contribution in [0.3, 0.4) is 0 Å². The van der Waals surface area contributed by atoms with Gasteiger partial charge in [-0.05, 0) is 0 Å². The normalized spacial score (nSPS) is 13.3. The van der Waals surface area contributed by atoms with Gasteiger partial charge >= 0.3 is 82.5 Å². The molecule has 11 heavy (non-hydrogen) atoms. The van der Waals surface area contributed by atoms with Crippen molar-refractivity contribution in [1.29, 1.82) is 0 Å². The average Bonchev–Trinajstić information content (AvgIpc) is 1.55. The maximum absolute atomic E-state index is 3.49. The minimum absolute atomic E-state index is 0.578. The molecule has 0 aliphatic carbocycles. The third-order valence-electron chi connectivity index (χ3n) is 1.08. The van der Waals surface area contributed by atoms with Crippen molar-refractivity contribution in [3.63, 3.8) is 0 Å². The molecule has 0 aromatic heterocycles. The molecule has 0 spiro atoms. The van der Waals surface area contributed by atoms with Crippen LogP contribution in [0.4, 0.5) is 0 Å². The van der Waals surface area contributed by atoms with Crippen LogP contribution in [0.1, 0.15) is 20.8 Å². The molecule has 0 aliphatic heterocycles. The van der Waals surface area contributed by atoms with E-state index < -0.39 is 29.2 Å². The van der Waals surface area contributed by atoms with E-state index in [1.807, 2.05) is 0 Å². The summed E-state index contributed by atoms with van der Waals surface area (Å²) in [6.45, 7) is 13.9. The Morgan fingerprint density at radius 3 is 1.82 bits per heavy atom. The Morgan fingerprint density at radius 2 is 1.55 bits per heavy atom. The zero-order valence-electron chi connectivity index (χ0n) is 8.71. The van der Waals surface area contributed by atoms with E-state index in [1.54, 1.807) is 0 Å².